The fourth-order valence-electron chi connectivity index (χ4n) is 2.64. The highest BCUT2D eigenvalue weighted by Crippen LogP contribution is 2.30. The molecule has 4 heteroatoms. The highest BCUT2D eigenvalue weighted by atomic mass is 32.1. The van der Waals surface area contributed by atoms with Gasteiger partial charge in [0, 0.05) is 30.1 Å². The van der Waals surface area contributed by atoms with Crippen LogP contribution in [0.1, 0.15) is 35.7 Å². The van der Waals surface area contributed by atoms with E-state index < -0.39 is 0 Å². The third kappa shape index (κ3) is 4.13. The minimum atomic E-state index is -0.208. The number of hydrogen-bond donors (Lipinski definition) is 1. The topological polar surface area (TPSA) is 29.3 Å². The number of benzene rings is 1. The Kier molecular flexibility index (Phi) is 4.68. The number of nitrogens with zero attached hydrogens (tertiary/aromatic N) is 1. The van der Waals surface area contributed by atoms with Crippen LogP contribution in [0.15, 0.2) is 41.8 Å². The summed E-state index contributed by atoms with van der Waals surface area (Å²) in [4.78, 5) is 3.92. The van der Waals surface area contributed by atoms with Gasteiger partial charge >= 0.3 is 0 Å². The van der Waals surface area contributed by atoms with Crippen molar-refractivity contribution in [1.82, 2.24) is 4.90 Å². The van der Waals surface area contributed by atoms with Gasteiger partial charge in [-0.15, -0.1) is 11.3 Å². The normalized spacial score (nSPS) is 16.3. The second-order valence-corrected chi connectivity index (χ2v) is 6.76. The van der Waals surface area contributed by atoms with Crippen molar-refractivity contribution in [3.63, 3.8) is 0 Å². The van der Waals surface area contributed by atoms with Crippen LogP contribution in [0, 0.1) is 5.82 Å². The Labute approximate surface area is 129 Å². The lowest BCUT2D eigenvalue weighted by Crippen LogP contribution is -2.28. The Morgan fingerprint density at radius 1 is 1.29 bits per heavy atom. The van der Waals surface area contributed by atoms with Crippen molar-refractivity contribution in [1.29, 1.82) is 0 Å². The molecule has 2 N–H and O–H groups in total. The van der Waals surface area contributed by atoms with Gasteiger partial charge in [-0.25, -0.2) is 4.39 Å². The van der Waals surface area contributed by atoms with Gasteiger partial charge in [0.15, 0.2) is 0 Å². The summed E-state index contributed by atoms with van der Waals surface area (Å²) in [5, 5.41) is 2.12. The van der Waals surface area contributed by atoms with E-state index in [1.807, 2.05) is 6.07 Å². The second-order valence-electron chi connectivity index (χ2n) is 5.73. The van der Waals surface area contributed by atoms with Crippen LogP contribution in [0.25, 0.3) is 0 Å². The van der Waals surface area contributed by atoms with Crippen molar-refractivity contribution in [2.45, 2.75) is 37.9 Å². The molecule has 2 nitrogen and oxygen atoms in total. The molecule has 0 aliphatic heterocycles. The zero-order valence-corrected chi connectivity index (χ0v) is 12.9. The highest BCUT2D eigenvalue weighted by molar-refractivity contribution is 7.09. The lowest BCUT2D eigenvalue weighted by atomic mass is 10.0. The maximum atomic E-state index is 13.3. The monoisotopic (exact) mass is 304 g/mol. The number of thiophene rings is 1. The number of nitrogens with two attached hydrogens (primary N) is 1. The zero-order chi connectivity index (χ0) is 14.7. The molecular weight excluding hydrogens is 283 g/mol. The molecule has 1 aromatic heterocycles. The maximum absolute atomic E-state index is 13.3. The average Bonchev–Trinajstić information content (AvgIpc) is 3.20. The van der Waals surface area contributed by atoms with Gasteiger partial charge < -0.3 is 5.73 Å². The molecule has 112 valence electrons. The first-order chi connectivity index (χ1) is 10.2. The molecule has 1 heterocycles. The first kappa shape index (κ1) is 14.7. The molecule has 1 unspecified atom stereocenters. The molecule has 21 heavy (non-hydrogen) atoms. The number of halogens is 1. The van der Waals surface area contributed by atoms with E-state index in [-0.39, 0.29) is 11.9 Å². The van der Waals surface area contributed by atoms with Gasteiger partial charge in [0.25, 0.3) is 0 Å². The molecule has 2 aromatic rings. The zero-order valence-electron chi connectivity index (χ0n) is 12.0. The molecule has 1 aliphatic rings. The van der Waals surface area contributed by atoms with Crippen LogP contribution in [0.2, 0.25) is 0 Å². The van der Waals surface area contributed by atoms with E-state index in [1.165, 1.54) is 23.8 Å². The van der Waals surface area contributed by atoms with Gasteiger partial charge in [0.2, 0.25) is 0 Å². The Bertz CT molecular complexity index is 566. The Morgan fingerprint density at radius 2 is 2.14 bits per heavy atom. The molecule has 1 fully saturated rings. The van der Waals surface area contributed by atoms with Crippen LogP contribution >= 0.6 is 11.3 Å². The molecule has 0 saturated heterocycles. The van der Waals surface area contributed by atoms with E-state index in [0.717, 1.165) is 25.1 Å². The van der Waals surface area contributed by atoms with Crippen molar-refractivity contribution >= 4 is 11.3 Å². The van der Waals surface area contributed by atoms with E-state index >= 15 is 0 Å². The summed E-state index contributed by atoms with van der Waals surface area (Å²) in [6.07, 6.45) is 3.45. The predicted octanol–water partition coefficient (Wildman–Crippen LogP) is 3.94. The van der Waals surface area contributed by atoms with E-state index in [2.05, 4.69) is 22.4 Å². The summed E-state index contributed by atoms with van der Waals surface area (Å²) >= 11 is 1.81. The van der Waals surface area contributed by atoms with Crippen LogP contribution in [0.5, 0.6) is 0 Å². The van der Waals surface area contributed by atoms with Gasteiger partial charge in [0.1, 0.15) is 5.82 Å². The second kappa shape index (κ2) is 6.69. The van der Waals surface area contributed by atoms with Gasteiger partial charge in [-0.2, -0.15) is 0 Å². The van der Waals surface area contributed by atoms with Gasteiger partial charge in [-0.05, 0) is 48.4 Å². The predicted molar refractivity (Wildman–Crippen MR) is 85.7 cm³/mol. The lowest BCUT2D eigenvalue weighted by Gasteiger charge is -2.23. The van der Waals surface area contributed by atoms with Crippen LogP contribution < -0.4 is 5.73 Å². The van der Waals surface area contributed by atoms with Crippen LogP contribution in [0.4, 0.5) is 4.39 Å². The molecule has 0 radical (unpaired) electrons. The third-order valence-electron chi connectivity index (χ3n) is 4.01. The van der Waals surface area contributed by atoms with E-state index in [4.69, 9.17) is 5.73 Å². The van der Waals surface area contributed by atoms with Gasteiger partial charge in [-0.1, -0.05) is 18.2 Å². The van der Waals surface area contributed by atoms with Gasteiger partial charge in [-0.3, -0.25) is 4.90 Å². The summed E-state index contributed by atoms with van der Waals surface area (Å²) in [5.41, 5.74) is 7.11. The molecule has 0 spiro atoms. The molecule has 3 rings (SSSR count). The molecule has 1 aromatic carbocycles. The Morgan fingerprint density at radius 3 is 2.81 bits per heavy atom. The Balaban J connectivity index is 1.56. The minimum Gasteiger partial charge on any atom is -0.324 e. The molecule has 1 aliphatic carbocycles. The minimum absolute atomic E-state index is 0.0923. The molecule has 0 bridgehead atoms. The maximum Gasteiger partial charge on any atom is 0.123 e. The van der Waals surface area contributed by atoms with Crippen LogP contribution in [-0.2, 0) is 6.54 Å². The van der Waals surface area contributed by atoms with Crippen molar-refractivity contribution in [2.75, 3.05) is 6.54 Å². The molecule has 1 atom stereocenters. The van der Waals surface area contributed by atoms with Crippen molar-refractivity contribution < 1.29 is 4.39 Å². The van der Waals surface area contributed by atoms with Crippen LogP contribution in [-0.4, -0.2) is 17.5 Å². The standard InChI is InChI=1S/C17H21FN2S/c18-14-4-1-3-13(11-14)17(19)8-9-20(15-6-7-15)12-16-5-2-10-21-16/h1-5,10-11,15,17H,6-9,12,19H2. The number of hydrogen-bond acceptors (Lipinski definition) is 3. The summed E-state index contributed by atoms with van der Waals surface area (Å²) in [6.45, 7) is 1.98. The van der Waals surface area contributed by atoms with Crippen molar-refractivity contribution in [2.24, 2.45) is 5.73 Å². The fourth-order valence-corrected chi connectivity index (χ4v) is 3.37. The van der Waals surface area contributed by atoms with Crippen molar-refractivity contribution in [3.05, 3.63) is 58.0 Å². The fraction of sp³-hybridized carbons (Fsp3) is 0.412. The summed E-state index contributed by atoms with van der Waals surface area (Å²) in [6, 6.07) is 11.6. The molecule has 0 amide bonds. The first-order valence-corrected chi connectivity index (χ1v) is 8.38. The van der Waals surface area contributed by atoms with E-state index in [1.54, 1.807) is 23.5 Å². The van der Waals surface area contributed by atoms with Gasteiger partial charge in [0.05, 0.1) is 0 Å². The van der Waals surface area contributed by atoms with Crippen molar-refractivity contribution in [3.8, 4) is 0 Å². The smallest absolute Gasteiger partial charge is 0.123 e. The van der Waals surface area contributed by atoms with E-state index in [9.17, 15) is 4.39 Å². The highest BCUT2D eigenvalue weighted by Gasteiger charge is 2.29. The quantitative estimate of drug-likeness (QED) is 0.839. The Hall–Kier alpha value is -1.23. The average molecular weight is 304 g/mol. The lowest BCUT2D eigenvalue weighted by molar-refractivity contribution is 0.247. The third-order valence-corrected chi connectivity index (χ3v) is 4.87. The molecular formula is C17H21FN2S. The summed E-state index contributed by atoms with van der Waals surface area (Å²) < 4.78 is 13.3. The van der Waals surface area contributed by atoms with Crippen LogP contribution in [0.3, 0.4) is 0 Å². The molecule has 1 saturated carbocycles. The number of rotatable bonds is 7. The first-order valence-electron chi connectivity index (χ1n) is 7.50. The summed E-state index contributed by atoms with van der Waals surface area (Å²) in [5.74, 6) is -0.208. The van der Waals surface area contributed by atoms with E-state index in [0.29, 0.717) is 6.04 Å². The largest absolute Gasteiger partial charge is 0.324 e. The summed E-state index contributed by atoms with van der Waals surface area (Å²) in [7, 11) is 0. The SMILES string of the molecule is NC(CCN(Cc1cccs1)C1CC1)c1cccc(F)c1.